The van der Waals surface area contributed by atoms with Crippen molar-refractivity contribution in [3.63, 3.8) is 0 Å². The lowest BCUT2D eigenvalue weighted by atomic mass is 9.93. The maximum Gasteiger partial charge on any atom is 0.220 e. The standard InChI is InChI=1S/C21H35N5O2/c1-16-6-7-19(28-16)18(25-10-4-5-11-25)15-24-21(23-3)26-12-8-17(9-13-26)14-20(27)22-2/h6-7,17-18H,4-5,8-15H2,1-3H3,(H,22,27)(H,23,24). The first-order chi connectivity index (χ1) is 13.6. The molecule has 2 saturated heterocycles. The Morgan fingerprint density at radius 1 is 1.25 bits per heavy atom. The third kappa shape index (κ3) is 5.28. The summed E-state index contributed by atoms with van der Waals surface area (Å²) in [5.41, 5.74) is 0. The topological polar surface area (TPSA) is 73.1 Å². The number of carbonyl (C=O) groups is 1. The Morgan fingerprint density at radius 2 is 1.96 bits per heavy atom. The van der Waals surface area contributed by atoms with Crippen molar-refractivity contribution < 1.29 is 9.21 Å². The molecule has 2 aliphatic heterocycles. The second kappa shape index (κ2) is 9.96. The number of hydrogen-bond donors (Lipinski definition) is 2. The van der Waals surface area contributed by atoms with E-state index < -0.39 is 0 Å². The van der Waals surface area contributed by atoms with Gasteiger partial charge in [-0.1, -0.05) is 0 Å². The second-order valence-corrected chi connectivity index (χ2v) is 7.94. The molecular formula is C21H35N5O2. The molecule has 1 unspecified atom stereocenters. The summed E-state index contributed by atoms with van der Waals surface area (Å²) in [5.74, 6) is 3.56. The molecule has 156 valence electrons. The first kappa shape index (κ1) is 20.7. The fraction of sp³-hybridized carbons (Fsp3) is 0.714. The van der Waals surface area contributed by atoms with Crippen LogP contribution in [0.1, 0.15) is 49.7 Å². The fourth-order valence-corrected chi connectivity index (χ4v) is 4.33. The van der Waals surface area contributed by atoms with Crippen molar-refractivity contribution in [1.82, 2.24) is 20.4 Å². The molecule has 1 aromatic rings. The van der Waals surface area contributed by atoms with Crippen LogP contribution in [0, 0.1) is 12.8 Å². The van der Waals surface area contributed by atoms with Crippen molar-refractivity contribution in [3.05, 3.63) is 23.7 Å². The minimum atomic E-state index is 0.142. The molecule has 0 bridgehead atoms. The van der Waals surface area contributed by atoms with Gasteiger partial charge < -0.3 is 20.0 Å². The van der Waals surface area contributed by atoms with Crippen molar-refractivity contribution in [2.45, 2.75) is 45.1 Å². The smallest absolute Gasteiger partial charge is 0.220 e. The highest BCUT2D eigenvalue weighted by atomic mass is 16.3. The Kier molecular flexibility index (Phi) is 7.36. The zero-order chi connectivity index (χ0) is 19.9. The Hall–Kier alpha value is -2.02. The summed E-state index contributed by atoms with van der Waals surface area (Å²) in [4.78, 5) is 21.0. The Bertz CT molecular complexity index is 658. The van der Waals surface area contributed by atoms with E-state index >= 15 is 0 Å². The Balaban J connectivity index is 1.55. The van der Waals surface area contributed by atoms with E-state index in [1.807, 2.05) is 20.0 Å². The Labute approximate surface area is 168 Å². The van der Waals surface area contributed by atoms with Gasteiger partial charge in [0.05, 0.1) is 6.04 Å². The summed E-state index contributed by atoms with van der Waals surface area (Å²) in [6, 6.07) is 4.39. The summed E-state index contributed by atoms with van der Waals surface area (Å²) < 4.78 is 5.96. The minimum absolute atomic E-state index is 0.142. The predicted molar refractivity (Wildman–Crippen MR) is 111 cm³/mol. The van der Waals surface area contributed by atoms with Crippen LogP contribution in [0.2, 0.25) is 0 Å². The summed E-state index contributed by atoms with van der Waals surface area (Å²) in [7, 11) is 3.56. The van der Waals surface area contributed by atoms with Crippen molar-refractivity contribution in [2.75, 3.05) is 46.8 Å². The average Bonchev–Trinajstić information content (AvgIpc) is 3.38. The summed E-state index contributed by atoms with van der Waals surface area (Å²) >= 11 is 0. The van der Waals surface area contributed by atoms with Gasteiger partial charge in [0.2, 0.25) is 5.91 Å². The van der Waals surface area contributed by atoms with Gasteiger partial charge in [0.1, 0.15) is 11.5 Å². The van der Waals surface area contributed by atoms with E-state index in [9.17, 15) is 4.79 Å². The number of rotatable bonds is 6. The maximum atomic E-state index is 11.6. The lowest BCUT2D eigenvalue weighted by molar-refractivity contribution is -0.121. The molecule has 0 aliphatic carbocycles. The molecule has 3 rings (SSSR count). The van der Waals surface area contributed by atoms with Crippen molar-refractivity contribution in [3.8, 4) is 0 Å². The van der Waals surface area contributed by atoms with Gasteiger partial charge in [0, 0.05) is 40.2 Å². The number of amides is 1. The molecule has 7 nitrogen and oxygen atoms in total. The zero-order valence-electron chi connectivity index (χ0n) is 17.5. The van der Waals surface area contributed by atoms with Gasteiger partial charge in [-0.15, -0.1) is 0 Å². The number of likely N-dealkylation sites (tertiary alicyclic amines) is 2. The summed E-state index contributed by atoms with van der Waals surface area (Å²) in [6.07, 6.45) is 5.20. The van der Waals surface area contributed by atoms with Gasteiger partial charge in [0.25, 0.3) is 0 Å². The number of hydrogen-bond acceptors (Lipinski definition) is 4. The van der Waals surface area contributed by atoms with Gasteiger partial charge in [-0.3, -0.25) is 14.7 Å². The molecule has 0 radical (unpaired) electrons. The van der Waals surface area contributed by atoms with E-state index in [0.29, 0.717) is 12.3 Å². The lowest BCUT2D eigenvalue weighted by Crippen LogP contribution is -2.48. The molecule has 1 aromatic heterocycles. The van der Waals surface area contributed by atoms with Crippen LogP contribution in [0.4, 0.5) is 0 Å². The summed E-state index contributed by atoms with van der Waals surface area (Å²) in [6.45, 7) is 6.91. The van der Waals surface area contributed by atoms with E-state index in [0.717, 1.165) is 63.0 Å². The molecule has 1 atom stereocenters. The highest BCUT2D eigenvalue weighted by Gasteiger charge is 2.28. The van der Waals surface area contributed by atoms with Crippen LogP contribution in [0.3, 0.4) is 0 Å². The lowest BCUT2D eigenvalue weighted by Gasteiger charge is -2.35. The zero-order valence-corrected chi connectivity index (χ0v) is 17.5. The largest absolute Gasteiger partial charge is 0.465 e. The quantitative estimate of drug-likeness (QED) is 0.576. The molecule has 28 heavy (non-hydrogen) atoms. The third-order valence-corrected chi connectivity index (χ3v) is 6.00. The predicted octanol–water partition coefficient (Wildman–Crippen LogP) is 2.15. The van der Waals surface area contributed by atoms with E-state index in [2.05, 4.69) is 31.5 Å². The molecule has 2 N–H and O–H groups in total. The fourth-order valence-electron chi connectivity index (χ4n) is 4.33. The maximum absolute atomic E-state index is 11.6. The molecule has 3 heterocycles. The van der Waals surface area contributed by atoms with Gasteiger partial charge in [-0.25, -0.2) is 0 Å². The number of aryl methyl sites for hydroxylation is 1. The van der Waals surface area contributed by atoms with Gasteiger partial charge in [-0.05, 0) is 63.7 Å². The average molecular weight is 390 g/mol. The van der Waals surface area contributed by atoms with Crippen LogP contribution in [0.15, 0.2) is 21.5 Å². The number of furan rings is 1. The van der Waals surface area contributed by atoms with Crippen LogP contribution in [0.25, 0.3) is 0 Å². The van der Waals surface area contributed by atoms with Crippen molar-refractivity contribution in [1.29, 1.82) is 0 Å². The molecular weight excluding hydrogens is 354 g/mol. The Morgan fingerprint density at radius 3 is 2.54 bits per heavy atom. The van der Waals surface area contributed by atoms with Crippen molar-refractivity contribution >= 4 is 11.9 Å². The van der Waals surface area contributed by atoms with Gasteiger partial charge >= 0.3 is 0 Å². The number of piperidine rings is 1. The van der Waals surface area contributed by atoms with Crippen LogP contribution in [-0.2, 0) is 4.79 Å². The van der Waals surface area contributed by atoms with Gasteiger partial charge in [-0.2, -0.15) is 0 Å². The SMILES string of the molecule is CN=C(NCC(c1ccc(C)o1)N1CCCC1)N1CCC(CC(=O)NC)CC1. The van der Waals surface area contributed by atoms with Crippen LogP contribution >= 0.6 is 0 Å². The van der Waals surface area contributed by atoms with Crippen molar-refractivity contribution in [2.24, 2.45) is 10.9 Å². The molecule has 0 aromatic carbocycles. The van der Waals surface area contributed by atoms with E-state index in [4.69, 9.17) is 4.42 Å². The van der Waals surface area contributed by atoms with Crippen LogP contribution in [0.5, 0.6) is 0 Å². The van der Waals surface area contributed by atoms with Gasteiger partial charge in [0.15, 0.2) is 5.96 Å². The highest BCUT2D eigenvalue weighted by molar-refractivity contribution is 5.80. The van der Waals surface area contributed by atoms with E-state index in [1.54, 1.807) is 7.05 Å². The second-order valence-electron chi connectivity index (χ2n) is 7.94. The molecule has 1 amide bonds. The summed E-state index contributed by atoms with van der Waals surface area (Å²) in [5, 5.41) is 6.32. The normalized spacial score (nSPS) is 20.4. The van der Waals surface area contributed by atoms with Crippen LogP contribution in [-0.4, -0.2) is 68.5 Å². The van der Waals surface area contributed by atoms with E-state index in [1.165, 1.54) is 12.8 Å². The molecule has 7 heteroatoms. The number of aliphatic imine (C=N–C) groups is 1. The minimum Gasteiger partial charge on any atom is -0.465 e. The third-order valence-electron chi connectivity index (χ3n) is 6.00. The monoisotopic (exact) mass is 389 g/mol. The molecule has 2 aliphatic rings. The highest BCUT2D eigenvalue weighted by Crippen LogP contribution is 2.26. The number of nitrogens with zero attached hydrogens (tertiary/aromatic N) is 3. The molecule has 2 fully saturated rings. The van der Waals surface area contributed by atoms with E-state index in [-0.39, 0.29) is 11.9 Å². The number of nitrogens with one attached hydrogen (secondary N) is 2. The molecule has 0 saturated carbocycles. The number of guanidine groups is 1. The molecule has 0 spiro atoms. The first-order valence-electron chi connectivity index (χ1n) is 10.6. The number of carbonyl (C=O) groups excluding carboxylic acids is 1. The first-order valence-corrected chi connectivity index (χ1v) is 10.6. The van der Waals surface area contributed by atoms with Crippen LogP contribution < -0.4 is 10.6 Å².